The third kappa shape index (κ3) is 4.11. The molecule has 2 rings (SSSR count). The molecular formula is C14H18F3NO2. The molecule has 0 radical (unpaired) electrons. The Hall–Kier alpha value is -1.27. The number of nitrogens with one attached hydrogen (secondary N) is 1. The average Bonchev–Trinajstić information content (AvgIpc) is 2.40. The SMILES string of the molecule is OC1(CCc2ccc(F)c(OC(F)F)c2)CCNCC1. The van der Waals surface area contributed by atoms with Crippen molar-refractivity contribution in [3.63, 3.8) is 0 Å². The molecule has 3 nitrogen and oxygen atoms in total. The summed E-state index contributed by atoms with van der Waals surface area (Å²) in [6.45, 7) is -1.52. The first-order chi connectivity index (χ1) is 9.48. The Morgan fingerprint density at radius 2 is 2.00 bits per heavy atom. The van der Waals surface area contributed by atoms with Gasteiger partial charge in [-0.2, -0.15) is 8.78 Å². The Kier molecular flexibility index (Phi) is 4.88. The smallest absolute Gasteiger partial charge is 0.387 e. The summed E-state index contributed by atoms with van der Waals surface area (Å²) < 4.78 is 41.7. The van der Waals surface area contributed by atoms with Gasteiger partial charge in [-0.15, -0.1) is 0 Å². The molecule has 0 saturated carbocycles. The van der Waals surface area contributed by atoms with Crippen molar-refractivity contribution in [3.05, 3.63) is 29.6 Å². The van der Waals surface area contributed by atoms with E-state index in [1.54, 1.807) is 0 Å². The Morgan fingerprint density at radius 3 is 2.65 bits per heavy atom. The maximum absolute atomic E-state index is 13.3. The van der Waals surface area contributed by atoms with Crippen LogP contribution >= 0.6 is 0 Å². The van der Waals surface area contributed by atoms with Gasteiger partial charge in [0.15, 0.2) is 11.6 Å². The van der Waals surface area contributed by atoms with Crippen molar-refractivity contribution in [2.45, 2.75) is 37.9 Å². The van der Waals surface area contributed by atoms with Gasteiger partial charge < -0.3 is 15.2 Å². The molecule has 1 aromatic carbocycles. The van der Waals surface area contributed by atoms with Crippen molar-refractivity contribution in [2.24, 2.45) is 0 Å². The summed E-state index contributed by atoms with van der Waals surface area (Å²) in [5, 5.41) is 13.5. The van der Waals surface area contributed by atoms with Gasteiger partial charge in [0.05, 0.1) is 5.60 Å². The highest BCUT2D eigenvalue weighted by Crippen LogP contribution is 2.26. The fourth-order valence-corrected chi connectivity index (χ4v) is 2.41. The van der Waals surface area contributed by atoms with Gasteiger partial charge in [-0.05, 0) is 56.5 Å². The van der Waals surface area contributed by atoms with Crippen LogP contribution in [-0.2, 0) is 6.42 Å². The number of aliphatic hydroxyl groups is 1. The molecule has 0 atom stereocenters. The summed E-state index contributed by atoms with van der Waals surface area (Å²) in [6, 6.07) is 3.91. The van der Waals surface area contributed by atoms with Gasteiger partial charge in [-0.25, -0.2) is 4.39 Å². The third-order valence-corrected chi connectivity index (χ3v) is 3.62. The monoisotopic (exact) mass is 289 g/mol. The van der Waals surface area contributed by atoms with Gasteiger partial charge >= 0.3 is 6.61 Å². The molecule has 1 saturated heterocycles. The van der Waals surface area contributed by atoms with Gasteiger partial charge in [0.25, 0.3) is 0 Å². The zero-order valence-electron chi connectivity index (χ0n) is 11.0. The van der Waals surface area contributed by atoms with Crippen LogP contribution in [-0.4, -0.2) is 30.4 Å². The fraction of sp³-hybridized carbons (Fsp3) is 0.571. The molecule has 20 heavy (non-hydrogen) atoms. The van der Waals surface area contributed by atoms with Gasteiger partial charge in [0.2, 0.25) is 0 Å². The lowest BCUT2D eigenvalue weighted by Gasteiger charge is -2.32. The van der Waals surface area contributed by atoms with E-state index in [-0.39, 0.29) is 0 Å². The van der Waals surface area contributed by atoms with E-state index in [4.69, 9.17) is 0 Å². The largest absolute Gasteiger partial charge is 0.432 e. The van der Waals surface area contributed by atoms with Gasteiger partial charge in [0.1, 0.15) is 0 Å². The first-order valence-corrected chi connectivity index (χ1v) is 6.65. The highest BCUT2D eigenvalue weighted by Gasteiger charge is 2.28. The maximum atomic E-state index is 13.3. The van der Waals surface area contributed by atoms with E-state index in [0.717, 1.165) is 19.2 Å². The number of hydrogen-bond donors (Lipinski definition) is 2. The molecule has 0 amide bonds. The summed E-state index contributed by atoms with van der Waals surface area (Å²) in [4.78, 5) is 0. The normalized spacial score (nSPS) is 18.2. The quantitative estimate of drug-likeness (QED) is 0.875. The first-order valence-electron chi connectivity index (χ1n) is 6.65. The summed E-state index contributed by atoms with van der Waals surface area (Å²) in [7, 11) is 0. The minimum absolute atomic E-state index is 0.449. The van der Waals surface area contributed by atoms with Crippen LogP contribution in [0.5, 0.6) is 5.75 Å². The van der Waals surface area contributed by atoms with Crippen LogP contribution in [0.3, 0.4) is 0 Å². The highest BCUT2D eigenvalue weighted by atomic mass is 19.3. The Morgan fingerprint density at radius 1 is 1.30 bits per heavy atom. The van der Waals surface area contributed by atoms with E-state index in [2.05, 4.69) is 10.1 Å². The maximum Gasteiger partial charge on any atom is 0.387 e. The van der Waals surface area contributed by atoms with Crippen LogP contribution < -0.4 is 10.1 Å². The Labute approximate surface area is 115 Å². The minimum atomic E-state index is -3.05. The predicted octanol–water partition coefficient (Wildman–Crippen LogP) is 2.47. The van der Waals surface area contributed by atoms with E-state index in [1.165, 1.54) is 12.1 Å². The van der Waals surface area contributed by atoms with Crippen molar-refractivity contribution in [2.75, 3.05) is 13.1 Å². The molecule has 0 bridgehead atoms. The van der Waals surface area contributed by atoms with Crippen LogP contribution in [0.1, 0.15) is 24.8 Å². The molecule has 1 heterocycles. The lowest BCUT2D eigenvalue weighted by Crippen LogP contribution is -2.42. The fourth-order valence-electron chi connectivity index (χ4n) is 2.41. The standard InChI is InChI=1S/C14H18F3NO2/c15-11-2-1-10(9-12(11)20-13(16)17)3-4-14(19)5-7-18-8-6-14/h1-2,9,13,18-19H,3-8H2. The molecule has 0 aromatic heterocycles. The molecular weight excluding hydrogens is 271 g/mol. The third-order valence-electron chi connectivity index (χ3n) is 3.62. The van der Waals surface area contributed by atoms with E-state index < -0.39 is 23.8 Å². The van der Waals surface area contributed by atoms with E-state index in [0.29, 0.717) is 31.2 Å². The second-order valence-corrected chi connectivity index (χ2v) is 5.12. The van der Waals surface area contributed by atoms with E-state index >= 15 is 0 Å². The van der Waals surface area contributed by atoms with Crippen LogP contribution in [0.25, 0.3) is 0 Å². The molecule has 0 unspecified atom stereocenters. The highest BCUT2D eigenvalue weighted by molar-refractivity contribution is 5.30. The predicted molar refractivity (Wildman–Crippen MR) is 68.4 cm³/mol. The zero-order chi connectivity index (χ0) is 14.6. The molecule has 1 aliphatic heterocycles. The lowest BCUT2D eigenvalue weighted by atomic mass is 9.86. The number of hydrogen-bond acceptors (Lipinski definition) is 3. The zero-order valence-corrected chi connectivity index (χ0v) is 11.0. The Bertz CT molecular complexity index is 448. The Balaban J connectivity index is 1.98. The molecule has 0 aliphatic carbocycles. The van der Waals surface area contributed by atoms with Gasteiger partial charge in [-0.3, -0.25) is 0 Å². The van der Waals surface area contributed by atoms with Crippen molar-refractivity contribution in [1.82, 2.24) is 5.32 Å². The van der Waals surface area contributed by atoms with Crippen LogP contribution in [0.2, 0.25) is 0 Å². The van der Waals surface area contributed by atoms with Crippen molar-refractivity contribution in [1.29, 1.82) is 0 Å². The number of aryl methyl sites for hydroxylation is 1. The van der Waals surface area contributed by atoms with Gasteiger partial charge in [-0.1, -0.05) is 6.07 Å². The molecule has 1 aromatic rings. The van der Waals surface area contributed by atoms with E-state index in [1.807, 2.05) is 0 Å². The lowest BCUT2D eigenvalue weighted by molar-refractivity contribution is -0.0522. The summed E-state index contributed by atoms with van der Waals surface area (Å²) in [6.07, 6.45) is 2.34. The minimum Gasteiger partial charge on any atom is -0.432 e. The molecule has 6 heteroatoms. The number of rotatable bonds is 5. The topological polar surface area (TPSA) is 41.5 Å². The first kappa shape index (κ1) is 15.1. The molecule has 1 aliphatic rings. The number of ether oxygens (including phenoxy) is 1. The number of benzene rings is 1. The average molecular weight is 289 g/mol. The van der Waals surface area contributed by atoms with Crippen molar-refractivity contribution in [3.8, 4) is 5.75 Å². The second-order valence-electron chi connectivity index (χ2n) is 5.12. The number of halogens is 3. The van der Waals surface area contributed by atoms with E-state index in [9.17, 15) is 18.3 Å². The summed E-state index contributed by atoms with van der Waals surface area (Å²) in [5.74, 6) is -1.26. The summed E-state index contributed by atoms with van der Waals surface area (Å²) in [5.41, 5.74) is -0.0578. The molecule has 2 N–H and O–H groups in total. The molecule has 112 valence electrons. The van der Waals surface area contributed by atoms with Crippen LogP contribution in [0, 0.1) is 5.82 Å². The molecule has 0 spiro atoms. The second kappa shape index (κ2) is 6.45. The van der Waals surface area contributed by atoms with Gasteiger partial charge in [0, 0.05) is 0 Å². The number of alkyl halides is 2. The number of piperidine rings is 1. The summed E-state index contributed by atoms with van der Waals surface area (Å²) >= 11 is 0. The van der Waals surface area contributed by atoms with Crippen LogP contribution in [0.4, 0.5) is 13.2 Å². The van der Waals surface area contributed by atoms with Crippen molar-refractivity contribution >= 4 is 0 Å². The van der Waals surface area contributed by atoms with Crippen LogP contribution in [0.15, 0.2) is 18.2 Å². The van der Waals surface area contributed by atoms with Crippen molar-refractivity contribution < 1.29 is 23.0 Å². The molecule has 1 fully saturated rings.